The van der Waals surface area contributed by atoms with E-state index < -0.39 is 0 Å². The van der Waals surface area contributed by atoms with Crippen molar-refractivity contribution in [3.63, 3.8) is 0 Å². The predicted molar refractivity (Wildman–Crippen MR) is 257 cm³/mol. The molecule has 0 bridgehead atoms. The Hall–Kier alpha value is -7.60. The first-order chi connectivity index (χ1) is 30.1. The number of aromatic nitrogens is 3. The van der Waals surface area contributed by atoms with Crippen molar-refractivity contribution in [1.29, 1.82) is 0 Å². The number of fused-ring (bicyclic) bond motifs is 11. The Morgan fingerprint density at radius 2 is 1.11 bits per heavy atom. The van der Waals surface area contributed by atoms with E-state index >= 15 is 0 Å². The zero-order valence-electron chi connectivity index (χ0n) is 33.6. The minimum Gasteiger partial charge on any atom is -0.457 e. The normalized spacial score (nSPS) is 11.8. The van der Waals surface area contributed by atoms with Gasteiger partial charge in [-0.3, -0.25) is 4.57 Å². The molecule has 0 aliphatic heterocycles. The van der Waals surface area contributed by atoms with Gasteiger partial charge in [0.25, 0.3) is 0 Å². The summed E-state index contributed by atoms with van der Waals surface area (Å²) in [5.41, 5.74) is 9.81. The number of thiophene rings is 1. The number of para-hydroxylation sites is 2. The lowest BCUT2D eigenvalue weighted by atomic mass is 9.94. The van der Waals surface area contributed by atoms with Crippen molar-refractivity contribution >= 4 is 74.9 Å². The topological polar surface area (TPSA) is 39.9 Å². The number of benzene rings is 9. The number of aryl methyl sites for hydroxylation is 2. The molecule has 0 spiro atoms. The van der Waals surface area contributed by atoms with Crippen LogP contribution in [0.1, 0.15) is 11.3 Å². The SMILES string of the molecule is Cc1ccccc1-c1c(C)nc(-c2ccc(-c3ccccc3)c3ccccc23)nc1-n1c2ccccc2c2c3c4cc(Oc5ccccc5)ccc4sc3c3ccccc3c21. The van der Waals surface area contributed by atoms with Gasteiger partial charge >= 0.3 is 0 Å². The zero-order chi connectivity index (χ0) is 40.6. The molecule has 0 amide bonds. The van der Waals surface area contributed by atoms with Gasteiger partial charge in [-0.2, -0.15) is 0 Å². The Bertz CT molecular complexity index is 3700. The van der Waals surface area contributed by atoms with E-state index in [1.165, 1.54) is 63.8 Å². The molecular weight excluding hydrogens is 763 g/mol. The maximum atomic E-state index is 6.46. The fourth-order valence-corrected chi connectivity index (χ4v) is 10.7. The third-order valence-corrected chi connectivity index (χ3v) is 13.3. The molecular formula is C56H37N3OS. The number of rotatable bonds is 6. The molecule has 288 valence electrons. The molecule has 3 aromatic heterocycles. The second-order valence-corrected chi connectivity index (χ2v) is 16.8. The van der Waals surface area contributed by atoms with Gasteiger partial charge in [-0.05, 0) is 89.3 Å². The van der Waals surface area contributed by atoms with E-state index in [-0.39, 0.29) is 0 Å². The summed E-state index contributed by atoms with van der Waals surface area (Å²) in [6, 6.07) is 66.5. The average molecular weight is 800 g/mol. The highest BCUT2D eigenvalue weighted by molar-refractivity contribution is 7.27. The van der Waals surface area contributed by atoms with Crippen molar-refractivity contribution in [2.75, 3.05) is 0 Å². The van der Waals surface area contributed by atoms with Gasteiger partial charge in [0.1, 0.15) is 17.3 Å². The molecule has 9 aromatic carbocycles. The van der Waals surface area contributed by atoms with Crippen molar-refractivity contribution < 1.29 is 4.74 Å². The van der Waals surface area contributed by atoms with Crippen LogP contribution in [0, 0.1) is 13.8 Å². The molecule has 0 aliphatic carbocycles. The largest absolute Gasteiger partial charge is 0.457 e. The summed E-state index contributed by atoms with van der Waals surface area (Å²) in [6.07, 6.45) is 0. The summed E-state index contributed by atoms with van der Waals surface area (Å²) >= 11 is 1.85. The van der Waals surface area contributed by atoms with Crippen LogP contribution in [-0.2, 0) is 0 Å². The maximum absolute atomic E-state index is 6.46. The molecule has 0 aliphatic rings. The van der Waals surface area contributed by atoms with Gasteiger partial charge in [-0.25, -0.2) is 9.97 Å². The second kappa shape index (κ2) is 14.0. The highest BCUT2D eigenvalue weighted by Crippen LogP contribution is 2.50. The quantitative estimate of drug-likeness (QED) is 0.168. The molecule has 12 aromatic rings. The van der Waals surface area contributed by atoms with E-state index in [2.05, 4.69) is 176 Å². The van der Waals surface area contributed by atoms with Crippen LogP contribution in [0.5, 0.6) is 11.5 Å². The van der Waals surface area contributed by atoms with E-state index in [1.807, 2.05) is 41.7 Å². The Balaban J connectivity index is 1.21. The van der Waals surface area contributed by atoms with Crippen LogP contribution in [0.2, 0.25) is 0 Å². The van der Waals surface area contributed by atoms with Gasteiger partial charge in [0.2, 0.25) is 0 Å². The Morgan fingerprint density at radius 3 is 1.90 bits per heavy atom. The molecule has 61 heavy (non-hydrogen) atoms. The van der Waals surface area contributed by atoms with Gasteiger partial charge in [0.05, 0.1) is 16.7 Å². The van der Waals surface area contributed by atoms with Gasteiger partial charge in [0.15, 0.2) is 5.82 Å². The second-order valence-electron chi connectivity index (χ2n) is 15.7. The predicted octanol–water partition coefficient (Wildman–Crippen LogP) is 15.7. The van der Waals surface area contributed by atoms with Crippen LogP contribution < -0.4 is 4.74 Å². The van der Waals surface area contributed by atoms with Crippen LogP contribution in [0.25, 0.3) is 103 Å². The molecule has 12 rings (SSSR count). The summed E-state index contributed by atoms with van der Waals surface area (Å²) < 4.78 is 11.4. The molecule has 4 nitrogen and oxygen atoms in total. The van der Waals surface area contributed by atoms with Crippen LogP contribution in [0.3, 0.4) is 0 Å². The molecule has 0 N–H and O–H groups in total. The van der Waals surface area contributed by atoms with Gasteiger partial charge in [-0.1, -0.05) is 146 Å². The highest BCUT2D eigenvalue weighted by atomic mass is 32.1. The molecule has 0 fully saturated rings. The monoisotopic (exact) mass is 799 g/mol. The van der Waals surface area contributed by atoms with Crippen molar-refractivity contribution in [2.45, 2.75) is 13.8 Å². The molecule has 0 saturated carbocycles. The Kier molecular flexibility index (Phi) is 8.12. The fourth-order valence-electron chi connectivity index (χ4n) is 9.43. The van der Waals surface area contributed by atoms with Gasteiger partial charge in [0, 0.05) is 52.8 Å². The van der Waals surface area contributed by atoms with Crippen molar-refractivity contribution in [2.24, 2.45) is 0 Å². The first-order valence-electron chi connectivity index (χ1n) is 20.7. The number of ether oxygens (including phenoxy) is 1. The molecule has 0 saturated heterocycles. The molecule has 0 atom stereocenters. The average Bonchev–Trinajstić information content (AvgIpc) is 3.86. The Morgan fingerprint density at radius 1 is 0.475 bits per heavy atom. The van der Waals surface area contributed by atoms with E-state index in [0.29, 0.717) is 5.82 Å². The van der Waals surface area contributed by atoms with Crippen molar-refractivity contribution in [3.8, 4) is 51.0 Å². The zero-order valence-corrected chi connectivity index (χ0v) is 34.4. The van der Waals surface area contributed by atoms with E-state index in [9.17, 15) is 0 Å². The summed E-state index contributed by atoms with van der Waals surface area (Å²) in [6.45, 7) is 4.32. The molecule has 5 heteroatoms. The minimum atomic E-state index is 0.695. The minimum absolute atomic E-state index is 0.695. The lowest BCUT2D eigenvalue weighted by Crippen LogP contribution is -2.07. The fraction of sp³-hybridized carbons (Fsp3) is 0.0357. The van der Waals surface area contributed by atoms with E-state index in [1.54, 1.807) is 0 Å². The van der Waals surface area contributed by atoms with Crippen LogP contribution >= 0.6 is 11.3 Å². The summed E-state index contributed by atoms with van der Waals surface area (Å²) in [4.78, 5) is 11.1. The smallest absolute Gasteiger partial charge is 0.162 e. The van der Waals surface area contributed by atoms with Gasteiger partial charge in [-0.15, -0.1) is 11.3 Å². The van der Waals surface area contributed by atoms with E-state index in [0.717, 1.165) is 56.1 Å². The summed E-state index contributed by atoms with van der Waals surface area (Å²) in [5, 5.41) is 9.47. The standard InChI is InChI=1S/C56H37N3OS/c1-34-17-9-10-22-39(34)50-35(2)57-55(45-31-30-40(36-18-5-3-6-19-36)41-23-11-12-24-42(41)45)58-56(50)59-48-28-16-15-27-46(48)51-52-47-33-38(60-37-20-7-4-8-21-37)29-32-49(47)61-54(52)44-26-14-13-25-43(44)53(51)59/h3-33H,1-2H3. The van der Waals surface area contributed by atoms with E-state index in [4.69, 9.17) is 14.7 Å². The molecule has 3 heterocycles. The number of hydrogen-bond donors (Lipinski definition) is 0. The molecule has 0 radical (unpaired) electrons. The van der Waals surface area contributed by atoms with Crippen molar-refractivity contribution in [1.82, 2.24) is 14.5 Å². The summed E-state index contributed by atoms with van der Waals surface area (Å²) in [7, 11) is 0. The maximum Gasteiger partial charge on any atom is 0.162 e. The number of nitrogens with zero attached hydrogens (tertiary/aromatic N) is 3. The third kappa shape index (κ3) is 5.58. The van der Waals surface area contributed by atoms with Crippen LogP contribution in [0.15, 0.2) is 188 Å². The summed E-state index contributed by atoms with van der Waals surface area (Å²) in [5.74, 6) is 3.18. The van der Waals surface area contributed by atoms with Crippen molar-refractivity contribution in [3.05, 3.63) is 199 Å². The number of hydrogen-bond acceptors (Lipinski definition) is 4. The first kappa shape index (κ1) is 35.4. The highest BCUT2D eigenvalue weighted by Gasteiger charge is 2.26. The van der Waals surface area contributed by atoms with Crippen LogP contribution in [0.4, 0.5) is 0 Å². The third-order valence-electron chi connectivity index (χ3n) is 12.1. The van der Waals surface area contributed by atoms with Gasteiger partial charge < -0.3 is 4.74 Å². The molecule has 0 unspecified atom stereocenters. The lowest BCUT2D eigenvalue weighted by Gasteiger charge is -2.19. The lowest BCUT2D eigenvalue weighted by molar-refractivity contribution is 0.483. The Labute approximate surface area is 356 Å². The van der Waals surface area contributed by atoms with Crippen LogP contribution in [-0.4, -0.2) is 14.5 Å². The first-order valence-corrected chi connectivity index (χ1v) is 21.5.